The normalized spacial score (nSPS) is 20.5. The molecule has 10 heteroatoms. The first kappa shape index (κ1) is 23.3. The number of nitrogens with zero attached hydrogens (tertiary/aromatic N) is 7. The van der Waals surface area contributed by atoms with Gasteiger partial charge in [0, 0.05) is 36.0 Å². The Kier molecular flexibility index (Phi) is 5.54. The summed E-state index contributed by atoms with van der Waals surface area (Å²) in [5.41, 5.74) is 2.71. The molecule has 0 N–H and O–H groups in total. The maximum Gasteiger partial charge on any atom is 0.418 e. The monoisotopic (exact) mass is 503 g/mol. The van der Waals surface area contributed by atoms with Gasteiger partial charge in [-0.3, -0.25) is 0 Å². The third-order valence-electron chi connectivity index (χ3n) is 7.26. The van der Waals surface area contributed by atoms with Gasteiger partial charge in [-0.2, -0.15) is 13.2 Å². The van der Waals surface area contributed by atoms with Gasteiger partial charge in [-0.15, -0.1) is 0 Å². The van der Waals surface area contributed by atoms with Gasteiger partial charge in [0.2, 0.25) is 0 Å². The van der Waals surface area contributed by atoms with E-state index in [0.29, 0.717) is 17.4 Å². The molecule has 0 bridgehead atoms. The Labute approximate surface area is 212 Å². The van der Waals surface area contributed by atoms with Gasteiger partial charge < -0.3 is 9.80 Å². The van der Waals surface area contributed by atoms with Crippen molar-refractivity contribution in [3.05, 3.63) is 96.9 Å². The Bertz CT molecular complexity index is 1400. The third-order valence-corrected chi connectivity index (χ3v) is 7.26. The molecule has 1 aliphatic carbocycles. The molecule has 1 saturated carbocycles. The Morgan fingerprint density at radius 1 is 1.08 bits per heavy atom. The standard InChI is InChI=1S/C27H24F3N7/c1-17-36-8-4-7-23(27(28,29)30)24(36)14-37(17)22-10-19(21-12-31-15-32-13-21)9-20(11-22)25(18-5-3-6-18)26-34-33-16-35(26)2/h4,7-16,18,25H,1,3,5-6H2,2H3/q+1/t25-/m1/s1. The molecule has 6 rings (SSSR count). The van der Waals surface area contributed by atoms with Crippen molar-refractivity contribution in [3.63, 3.8) is 0 Å². The van der Waals surface area contributed by atoms with E-state index in [2.05, 4.69) is 32.8 Å². The Balaban J connectivity index is 1.49. The van der Waals surface area contributed by atoms with E-state index in [1.165, 1.54) is 23.5 Å². The van der Waals surface area contributed by atoms with Crippen LogP contribution in [0.4, 0.5) is 18.9 Å². The summed E-state index contributed by atoms with van der Waals surface area (Å²) in [6.45, 7) is 4.12. The predicted molar refractivity (Wildman–Crippen MR) is 133 cm³/mol. The largest absolute Gasteiger partial charge is 0.418 e. The Morgan fingerprint density at radius 2 is 1.86 bits per heavy atom. The second-order valence-electron chi connectivity index (χ2n) is 9.50. The molecule has 187 valence electrons. The van der Waals surface area contributed by atoms with Crippen molar-refractivity contribution in [2.45, 2.75) is 31.4 Å². The molecule has 2 aromatic rings. The van der Waals surface area contributed by atoms with Gasteiger partial charge in [0.05, 0.1) is 29.3 Å². The fourth-order valence-electron chi connectivity index (χ4n) is 5.20. The number of hydrogen-bond acceptors (Lipinski definition) is 6. The first-order chi connectivity index (χ1) is 17.8. The molecule has 7 nitrogen and oxygen atoms in total. The second-order valence-corrected chi connectivity index (χ2v) is 9.50. The average Bonchev–Trinajstić information content (AvgIpc) is 3.43. The molecule has 1 atom stereocenters. The first-order valence-electron chi connectivity index (χ1n) is 12.0. The molecule has 1 fully saturated rings. The van der Waals surface area contributed by atoms with E-state index in [1.807, 2.05) is 23.8 Å². The summed E-state index contributed by atoms with van der Waals surface area (Å²) in [5.74, 6) is 0.792. The second kappa shape index (κ2) is 8.79. The number of azo groups is 1. The van der Waals surface area contributed by atoms with E-state index >= 15 is 0 Å². The molecule has 0 amide bonds. The van der Waals surface area contributed by atoms with Crippen molar-refractivity contribution < 1.29 is 17.7 Å². The van der Waals surface area contributed by atoms with E-state index in [9.17, 15) is 13.2 Å². The zero-order valence-corrected chi connectivity index (χ0v) is 20.1. The molecule has 4 aliphatic rings. The van der Waals surface area contributed by atoms with Crippen LogP contribution in [0.1, 0.15) is 30.7 Å². The predicted octanol–water partition coefficient (Wildman–Crippen LogP) is 6.10. The summed E-state index contributed by atoms with van der Waals surface area (Å²) in [5, 5.41) is 8.54. The molecule has 1 aromatic heterocycles. The maximum atomic E-state index is 13.8. The number of rotatable bonds is 5. The number of aromatic nitrogens is 2. The molecular weight excluding hydrogens is 479 g/mol. The van der Waals surface area contributed by atoms with Crippen molar-refractivity contribution in [2.24, 2.45) is 16.1 Å². The molecular formula is C27H24F3N7+. The van der Waals surface area contributed by atoms with E-state index < -0.39 is 11.7 Å². The van der Waals surface area contributed by atoms with E-state index in [-0.39, 0.29) is 11.6 Å². The summed E-state index contributed by atoms with van der Waals surface area (Å²) in [4.78, 5) is 11.5. The van der Waals surface area contributed by atoms with Gasteiger partial charge in [-0.25, -0.2) is 14.5 Å². The van der Waals surface area contributed by atoms with Crippen LogP contribution in [0.25, 0.3) is 11.1 Å². The summed E-state index contributed by atoms with van der Waals surface area (Å²) < 4.78 is 43.3. The number of likely N-dealkylation sites (N-methyl/N-ethyl adjacent to an activating group) is 1. The number of halogens is 3. The number of alkyl halides is 3. The highest BCUT2D eigenvalue weighted by Crippen LogP contribution is 2.48. The highest BCUT2D eigenvalue weighted by molar-refractivity contribution is 5.73. The molecule has 3 aliphatic heterocycles. The number of allylic oxidation sites excluding steroid dienone is 3. The number of fused-ring (bicyclic) bond motifs is 1. The summed E-state index contributed by atoms with van der Waals surface area (Å²) in [7, 11) is 1.93. The van der Waals surface area contributed by atoms with Crippen LogP contribution < -0.4 is 4.90 Å². The van der Waals surface area contributed by atoms with Crippen LogP contribution in [0.2, 0.25) is 0 Å². The number of anilines is 1. The molecule has 0 saturated heterocycles. The molecule has 37 heavy (non-hydrogen) atoms. The van der Waals surface area contributed by atoms with Gasteiger partial charge in [0.25, 0.3) is 0 Å². The lowest BCUT2D eigenvalue weighted by atomic mass is 9.71. The molecule has 0 unspecified atom stereocenters. The van der Waals surface area contributed by atoms with Crippen LogP contribution in [-0.4, -0.2) is 39.0 Å². The molecule has 4 heterocycles. The van der Waals surface area contributed by atoms with Crippen LogP contribution in [0.3, 0.4) is 0 Å². The summed E-state index contributed by atoms with van der Waals surface area (Å²) >= 11 is 0. The van der Waals surface area contributed by atoms with E-state index in [0.717, 1.165) is 48.2 Å². The smallest absolute Gasteiger partial charge is 0.301 e. The fourth-order valence-corrected chi connectivity index (χ4v) is 5.20. The Hall–Kier alpha value is -4.08. The Morgan fingerprint density at radius 3 is 2.51 bits per heavy atom. The number of benzene rings is 1. The molecule has 1 aromatic carbocycles. The van der Waals surface area contributed by atoms with Gasteiger partial charge in [-0.1, -0.05) is 19.1 Å². The van der Waals surface area contributed by atoms with Crippen molar-refractivity contribution in [1.82, 2.24) is 14.9 Å². The van der Waals surface area contributed by atoms with Crippen LogP contribution in [0, 0.1) is 12.1 Å². The summed E-state index contributed by atoms with van der Waals surface area (Å²) in [6, 6.07) is 6.05. The number of hydrogen-bond donors (Lipinski definition) is 0. The minimum Gasteiger partial charge on any atom is -0.301 e. The lowest BCUT2D eigenvalue weighted by molar-refractivity contribution is -0.480. The lowest BCUT2D eigenvalue weighted by Crippen LogP contribution is -2.29. The topological polar surface area (TPSA) is 60.0 Å². The zero-order chi connectivity index (χ0) is 25.7. The minimum absolute atomic E-state index is 0.0128. The van der Waals surface area contributed by atoms with Crippen LogP contribution in [0.15, 0.2) is 95.4 Å². The van der Waals surface area contributed by atoms with E-state index in [1.54, 1.807) is 29.8 Å². The SMILES string of the molecule is C=C1N2C=CC=C(C(F)(F)F)C2=CN1c1cc(-c2cncnc2)cc([C@H]([C]2N=NC=[N+]2C)C2CCC2)c1. The van der Waals surface area contributed by atoms with Crippen LogP contribution >= 0.6 is 0 Å². The quantitative estimate of drug-likeness (QED) is 0.463. The molecule has 0 spiro atoms. The van der Waals surface area contributed by atoms with Crippen LogP contribution in [-0.2, 0) is 0 Å². The molecule has 1 radical (unpaired) electrons. The van der Waals surface area contributed by atoms with Gasteiger partial charge >= 0.3 is 18.7 Å². The lowest BCUT2D eigenvalue weighted by Gasteiger charge is -2.34. The van der Waals surface area contributed by atoms with Crippen molar-refractivity contribution in [3.8, 4) is 11.1 Å². The first-order valence-corrected chi connectivity index (χ1v) is 12.0. The van der Waals surface area contributed by atoms with Gasteiger partial charge in [0.1, 0.15) is 12.1 Å². The maximum absolute atomic E-state index is 13.8. The highest BCUT2D eigenvalue weighted by Gasteiger charge is 2.44. The van der Waals surface area contributed by atoms with Crippen molar-refractivity contribution in [1.29, 1.82) is 0 Å². The van der Waals surface area contributed by atoms with Gasteiger partial charge in [-0.05, 0) is 59.3 Å². The summed E-state index contributed by atoms with van der Waals surface area (Å²) in [6.07, 6.45) is 11.8. The van der Waals surface area contributed by atoms with Crippen molar-refractivity contribution in [2.75, 3.05) is 11.9 Å². The van der Waals surface area contributed by atoms with Crippen molar-refractivity contribution >= 4 is 12.0 Å². The minimum atomic E-state index is -4.49. The van der Waals surface area contributed by atoms with Crippen LogP contribution in [0.5, 0.6) is 0 Å². The third kappa shape index (κ3) is 4.06. The van der Waals surface area contributed by atoms with E-state index in [4.69, 9.17) is 0 Å². The fraction of sp³-hybridized carbons (Fsp3) is 0.259. The highest BCUT2D eigenvalue weighted by atomic mass is 19.4. The zero-order valence-electron chi connectivity index (χ0n) is 20.1. The van der Waals surface area contributed by atoms with Gasteiger partial charge in [0.15, 0.2) is 0 Å². The average molecular weight is 504 g/mol.